The second kappa shape index (κ2) is 14.9. The third kappa shape index (κ3) is 6.82. The SMILES string of the molecule is CC(C)c1ccccc1-c1cc(Oc2[c-]c3c(cc2)c2ccccc2n3-c2cc(C(C)(C)C)ccn2)[c-]c([N+]23[CH-][N@+]2(c2cccc(C(C)(C)C)c2)c2ccc(C(C)(C)C)cc23)c1.[Pt]. The average Bonchev–Trinajstić information content (AvgIpc) is 3.73. The van der Waals surface area contributed by atoms with Crippen LogP contribution in [-0.4, -0.2) is 9.55 Å². The van der Waals surface area contributed by atoms with Crippen molar-refractivity contribution in [2.45, 2.75) is 98.3 Å². The van der Waals surface area contributed by atoms with Gasteiger partial charge in [0, 0.05) is 68.5 Å². The number of benzene rings is 6. The van der Waals surface area contributed by atoms with Crippen molar-refractivity contribution in [3.05, 3.63) is 175 Å². The first-order valence-corrected chi connectivity index (χ1v) is 22.1. The molecule has 8 aromatic rings. The molecule has 10 rings (SSSR count). The van der Waals surface area contributed by atoms with Crippen molar-refractivity contribution in [3.8, 4) is 28.4 Å². The van der Waals surface area contributed by atoms with Crippen LogP contribution >= 0.6 is 0 Å². The van der Waals surface area contributed by atoms with Crippen molar-refractivity contribution in [2.24, 2.45) is 0 Å². The van der Waals surface area contributed by atoms with Gasteiger partial charge in [-0.25, -0.2) is 9.58 Å². The summed E-state index contributed by atoms with van der Waals surface area (Å²) in [5.41, 5.74) is 14.3. The number of quaternary nitrogens is 2. The van der Waals surface area contributed by atoms with Crippen molar-refractivity contribution in [1.82, 2.24) is 18.7 Å². The second-order valence-electron chi connectivity index (χ2n) is 20.8. The molecule has 2 atom stereocenters. The predicted molar refractivity (Wildman–Crippen MR) is 258 cm³/mol. The van der Waals surface area contributed by atoms with Gasteiger partial charge in [0.05, 0.1) is 5.69 Å². The number of fused-ring (bicyclic) bond motifs is 7. The van der Waals surface area contributed by atoms with Crippen molar-refractivity contribution >= 4 is 44.6 Å². The topological polar surface area (TPSA) is 27.1 Å². The van der Waals surface area contributed by atoms with E-state index in [2.05, 4.69) is 221 Å². The Labute approximate surface area is 388 Å². The molecule has 5 nitrogen and oxygen atoms in total. The quantitative estimate of drug-likeness (QED) is 0.0904. The summed E-state index contributed by atoms with van der Waals surface area (Å²) in [6.45, 7) is 27.5. The number of pyridine rings is 1. The largest absolute Gasteiger partial charge is 0.509 e. The zero-order valence-electron chi connectivity index (χ0n) is 38.4. The third-order valence-electron chi connectivity index (χ3n) is 13.2. The number of ether oxygens (including phenoxy) is 1. The van der Waals surface area contributed by atoms with Crippen LogP contribution in [-0.2, 0) is 37.3 Å². The summed E-state index contributed by atoms with van der Waals surface area (Å²) in [5.74, 6) is 2.47. The van der Waals surface area contributed by atoms with Crippen LogP contribution in [0.15, 0.2) is 134 Å². The molecule has 0 amide bonds. The molecule has 0 spiro atoms. The number of aromatic nitrogens is 2. The Kier molecular flexibility index (Phi) is 10.1. The van der Waals surface area contributed by atoms with Crippen LogP contribution in [0.2, 0.25) is 0 Å². The fourth-order valence-corrected chi connectivity index (χ4v) is 9.61. The summed E-state index contributed by atoms with van der Waals surface area (Å²) < 4.78 is 10.4. The first kappa shape index (κ1) is 43.0. The maximum Gasteiger partial charge on any atom is 0.225 e. The van der Waals surface area contributed by atoms with Crippen LogP contribution in [0.25, 0.3) is 38.8 Å². The molecule has 0 N–H and O–H groups in total. The summed E-state index contributed by atoms with van der Waals surface area (Å²) in [7, 11) is 0. The van der Waals surface area contributed by atoms with E-state index in [9.17, 15) is 0 Å². The molecule has 0 bridgehead atoms. The van der Waals surface area contributed by atoms with E-state index in [4.69, 9.17) is 9.72 Å². The molecular weight excluding hydrogens is 952 g/mol. The molecule has 2 aromatic heterocycles. The molecular formula is C57H57N4OPt-. The van der Waals surface area contributed by atoms with E-state index in [-0.39, 0.29) is 37.3 Å². The molecule has 322 valence electrons. The minimum Gasteiger partial charge on any atom is -0.509 e. The van der Waals surface area contributed by atoms with Crippen molar-refractivity contribution in [1.29, 1.82) is 0 Å². The summed E-state index contributed by atoms with van der Waals surface area (Å²) in [5, 5.41) is 2.25. The molecule has 2 aliphatic rings. The van der Waals surface area contributed by atoms with E-state index in [0.29, 0.717) is 26.6 Å². The first-order valence-electron chi connectivity index (χ1n) is 22.1. The summed E-state index contributed by atoms with van der Waals surface area (Å²) in [6, 6.07) is 54.2. The van der Waals surface area contributed by atoms with Gasteiger partial charge in [-0.3, -0.25) is 0 Å². The third-order valence-corrected chi connectivity index (χ3v) is 13.2. The minimum atomic E-state index is -0.0286. The Morgan fingerprint density at radius 2 is 1.30 bits per heavy atom. The van der Waals surface area contributed by atoms with Gasteiger partial charge in [0.25, 0.3) is 0 Å². The van der Waals surface area contributed by atoms with Crippen LogP contribution in [0.3, 0.4) is 0 Å². The first-order chi connectivity index (χ1) is 29.4. The van der Waals surface area contributed by atoms with Gasteiger partial charge in [0.15, 0.2) is 12.4 Å². The Morgan fingerprint density at radius 3 is 2.05 bits per heavy atom. The molecule has 63 heavy (non-hydrogen) atoms. The van der Waals surface area contributed by atoms with Gasteiger partial charge in [-0.05, 0) is 73.6 Å². The van der Waals surface area contributed by atoms with E-state index >= 15 is 0 Å². The minimum absolute atomic E-state index is 0. The van der Waals surface area contributed by atoms with E-state index in [1.54, 1.807) is 0 Å². The maximum atomic E-state index is 7.03. The number of rotatable bonds is 7. The molecule has 2 aliphatic heterocycles. The normalized spacial score (nSPS) is 18.2. The summed E-state index contributed by atoms with van der Waals surface area (Å²) in [6.07, 6.45) is 1.92. The van der Waals surface area contributed by atoms with E-state index in [1.165, 1.54) is 44.9 Å². The molecule has 0 radical (unpaired) electrons. The smallest absolute Gasteiger partial charge is 0.225 e. The van der Waals surface area contributed by atoms with Crippen LogP contribution in [0.4, 0.5) is 22.7 Å². The molecule has 4 heterocycles. The van der Waals surface area contributed by atoms with Gasteiger partial charge in [0.2, 0.25) is 11.4 Å². The van der Waals surface area contributed by atoms with Crippen molar-refractivity contribution < 1.29 is 25.8 Å². The average molecular weight is 1010 g/mol. The van der Waals surface area contributed by atoms with Gasteiger partial charge < -0.3 is 9.30 Å². The van der Waals surface area contributed by atoms with Crippen LogP contribution in [0.1, 0.15) is 104 Å². The van der Waals surface area contributed by atoms with Crippen molar-refractivity contribution in [2.75, 3.05) is 0 Å². The number of hydrogen-bond acceptors (Lipinski definition) is 2. The van der Waals surface area contributed by atoms with Crippen LogP contribution in [0.5, 0.6) is 11.5 Å². The van der Waals surface area contributed by atoms with E-state index < -0.39 is 0 Å². The van der Waals surface area contributed by atoms with Gasteiger partial charge in [-0.2, -0.15) is 10.7 Å². The second-order valence-corrected chi connectivity index (χ2v) is 20.8. The molecule has 0 aliphatic carbocycles. The molecule has 1 unspecified atom stereocenters. The molecule has 1 saturated heterocycles. The maximum absolute atomic E-state index is 7.03. The van der Waals surface area contributed by atoms with Crippen molar-refractivity contribution in [3.63, 3.8) is 0 Å². The standard InChI is InChI=1S/C57H57N4O.Pt/c1-37(2)46-19-12-13-20-47(46)38-29-43(61-36-60(61,42-18-16-17-39(31-42)55(3,4)5)52-26-23-40(32-53(52)61)56(6,7)8)34-45(30-38)62-44-24-25-49-48-21-14-15-22-50(48)59(51(49)35-44)54-33-41(27-28-58-54)57(9,10)11;/h12-33,36-37H,1-11H3;/q-1;/t60-,61?;/m0./s1. The summed E-state index contributed by atoms with van der Waals surface area (Å²) in [4.78, 5) is 4.91. The monoisotopic (exact) mass is 1010 g/mol. The molecule has 6 aromatic carbocycles. The van der Waals surface area contributed by atoms with Crippen LogP contribution in [0, 0.1) is 18.8 Å². The Bertz CT molecular complexity index is 3090. The van der Waals surface area contributed by atoms with E-state index in [0.717, 1.165) is 38.9 Å². The predicted octanol–water partition coefficient (Wildman–Crippen LogP) is 15.6. The Balaban J connectivity index is 0.00000504. The summed E-state index contributed by atoms with van der Waals surface area (Å²) >= 11 is 0. The van der Waals surface area contributed by atoms with Gasteiger partial charge in [-0.15, -0.1) is 29.1 Å². The molecule has 1 fully saturated rings. The number of hydrogen-bond donors (Lipinski definition) is 0. The zero-order valence-corrected chi connectivity index (χ0v) is 40.6. The van der Waals surface area contributed by atoms with E-state index in [1.807, 2.05) is 12.3 Å². The Morgan fingerprint density at radius 1 is 0.603 bits per heavy atom. The zero-order chi connectivity index (χ0) is 43.6. The van der Waals surface area contributed by atoms with Crippen LogP contribution < -0.4 is 13.9 Å². The van der Waals surface area contributed by atoms with Gasteiger partial charge >= 0.3 is 0 Å². The number of para-hydroxylation sites is 1. The van der Waals surface area contributed by atoms with Gasteiger partial charge in [-0.1, -0.05) is 154 Å². The Hall–Kier alpha value is -5.32. The molecule has 6 heteroatoms. The van der Waals surface area contributed by atoms with Gasteiger partial charge in [0.1, 0.15) is 5.82 Å². The molecule has 0 saturated carbocycles. The number of nitrogens with zero attached hydrogens (tertiary/aromatic N) is 4. The fraction of sp³-hybridized carbons (Fsp3) is 0.263. The fourth-order valence-electron chi connectivity index (χ4n) is 9.61.